The van der Waals surface area contributed by atoms with Crippen molar-refractivity contribution in [1.82, 2.24) is 0 Å². The fourth-order valence-electron chi connectivity index (χ4n) is 2.35. The molecule has 0 saturated heterocycles. The van der Waals surface area contributed by atoms with Crippen LogP contribution >= 0.6 is 0 Å². The Bertz CT molecular complexity index is 548. The van der Waals surface area contributed by atoms with Crippen LogP contribution in [0.5, 0.6) is 0 Å². The third kappa shape index (κ3) is 1.97. The summed E-state index contributed by atoms with van der Waals surface area (Å²) in [6.07, 6.45) is 0. The summed E-state index contributed by atoms with van der Waals surface area (Å²) in [5.74, 6) is 0. The molecule has 2 aromatic rings. The molecule has 0 unspecified atom stereocenters. The highest BCUT2D eigenvalue weighted by atomic mass is 14.9. The molecule has 1 nitrogen and oxygen atoms in total. The Balaban J connectivity index is 2.74. The zero-order chi connectivity index (χ0) is 12.6. The second-order valence-corrected chi connectivity index (χ2v) is 4.81. The van der Waals surface area contributed by atoms with Crippen LogP contribution in [0.4, 0.5) is 0 Å². The van der Waals surface area contributed by atoms with Gasteiger partial charge in [0, 0.05) is 18.6 Å². The molecule has 0 fully saturated rings. The molecule has 0 aliphatic carbocycles. The quantitative estimate of drug-likeness (QED) is 0.656. The molecule has 1 heterocycles. The average Bonchev–Trinajstić information content (AvgIpc) is 2.29. The summed E-state index contributed by atoms with van der Waals surface area (Å²) in [7, 11) is 2.14. The Morgan fingerprint density at radius 1 is 0.765 bits per heavy atom. The van der Waals surface area contributed by atoms with Crippen molar-refractivity contribution in [2.45, 2.75) is 27.7 Å². The molecule has 0 aliphatic heterocycles. The molecule has 0 radical (unpaired) electrons. The SMILES string of the molecule is Cc1cccc(C)c1-c1ccc(C)c(C)[n+]1C. The lowest BCUT2D eigenvalue weighted by molar-refractivity contribution is -0.667. The number of hydrogen-bond acceptors (Lipinski definition) is 0. The monoisotopic (exact) mass is 226 g/mol. The summed E-state index contributed by atoms with van der Waals surface area (Å²) in [4.78, 5) is 0. The first-order valence-corrected chi connectivity index (χ1v) is 6.05. The van der Waals surface area contributed by atoms with E-state index in [1.165, 1.54) is 33.6 Å². The predicted molar refractivity (Wildman–Crippen MR) is 72.0 cm³/mol. The molecule has 0 N–H and O–H groups in total. The number of aryl methyl sites for hydroxylation is 3. The summed E-state index contributed by atoms with van der Waals surface area (Å²) in [5, 5.41) is 0. The summed E-state index contributed by atoms with van der Waals surface area (Å²) in [6.45, 7) is 8.69. The summed E-state index contributed by atoms with van der Waals surface area (Å²) in [5.41, 5.74) is 7.99. The van der Waals surface area contributed by atoms with Gasteiger partial charge in [-0.2, -0.15) is 4.57 Å². The number of aromatic nitrogens is 1. The van der Waals surface area contributed by atoms with E-state index in [4.69, 9.17) is 0 Å². The molecule has 0 atom stereocenters. The van der Waals surface area contributed by atoms with Crippen LogP contribution < -0.4 is 4.57 Å². The average molecular weight is 226 g/mol. The number of pyridine rings is 1. The van der Waals surface area contributed by atoms with Crippen LogP contribution in [0.1, 0.15) is 22.4 Å². The zero-order valence-electron chi connectivity index (χ0n) is 11.3. The van der Waals surface area contributed by atoms with E-state index in [9.17, 15) is 0 Å². The first kappa shape index (κ1) is 11.8. The van der Waals surface area contributed by atoms with E-state index in [0.29, 0.717) is 0 Å². The molecule has 1 aromatic heterocycles. The fourth-order valence-corrected chi connectivity index (χ4v) is 2.35. The lowest BCUT2D eigenvalue weighted by Gasteiger charge is -2.10. The van der Waals surface area contributed by atoms with Crippen LogP contribution in [0.2, 0.25) is 0 Å². The van der Waals surface area contributed by atoms with Gasteiger partial charge in [-0.3, -0.25) is 0 Å². The minimum atomic E-state index is 1.30. The highest BCUT2D eigenvalue weighted by Crippen LogP contribution is 2.24. The van der Waals surface area contributed by atoms with Crippen LogP contribution in [0, 0.1) is 27.7 Å². The van der Waals surface area contributed by atoms with Crippen LogP contribution in [0.25, 0.3) is 11.3 Å². The van der Waals surface area contributed by atoms with Crippen LogP contribution in [-0.2, 0) is 7.05 Å². The maximum Gasteiger partial charge on any atom is 0.213 e. The Morgan fingerprint density at radius 3 is 1.94 bits per heavy atom. The maximum absolute atomic E-state index is 2.28. The molecule has 0 aliphatic rings. The standard InChI is InChI=1S/C16H20N/c1-11-9-10-15(17(5)14(11)4)16-12(2)7-6-8-13(16)3/h6-10H,1-5H3/q+1. The second kappa shape index (κ2) is 4.33. The van der Waals surface area contributed by atoms with Crippen molar-refractivity contribution in [2.75, 3.05) is 0 Å². The van der Waals surface area contributed by atoms with Gasteiger partial charge in [-0.05, 0) is 38.0 Å². The van der Waals surface area contributed by atoms with Gasteiger partial charge in [-0.25, -0.2) is 0 Å². The lowest BCUT2D eigenvalue weighted by atomic mass is 9.98. The normalized spacial score (nSPS) is 10.6. The summed E-state index contributed by atoms with van der Waals surface area (Å²) in [6, 6.07) is 10.9. The van der Waals surface area contributed by atoms with E-state index in [-0.39, 0.29) is 0 Å². The minimum Gasteiger partial charge on any atom is -0.198 e. The Labute approximate surface area is 104 Å². The van der Waals surface area contributed by atoms with Crippen LogP contribution in [-0.4, -0.2) is 0 Å². The molecule has 0 amide bonds. The number of benzene rings is 1. The van der Waals surface area contributed by atoms with E-state index >= 15 is 0 Å². The Kier molecular flexibility index (Phi) is 3.01. The first-order chi connectivity index (χ1) is 8.02. The molecule has 17 heavy (non-hydrogen) atoms. The van der Waals surface area contributed by atoms with E-state index in [2.05, 4.69) is 69.6 Å². The van der Waals surface area contributed by atoms with E-state index < -0.39 is 0 Å². The summed E-state index contributed by atoms with van der Waals surface area (Å²) >= 11 is 0. The van der Waals surface area contributed by atoms with Gasteiger partial charge in [0.05, 0.1) is 5.56 Å². The Hall–Kier alpha value is -1.63. The van der Waals surface area contributed by atoms with Crippen molar-refractivity contribution in [3.05, 3.63) is 52.7 Å². The van der Waals surface area contributed by atoms with Gasteiger partial charge in [0.2, 0.25) is 5.69 Å². The van der Waals surface area contributed by atoms with Crippen LogP contribution in [0.15, 0.2) is 30.3 Å². The molecule has 0 spiro atoms. The van der Waals surface area contributed by atoms with Gasteiger partial charge in [0.1, 0.15) is 7.05 Å². The van der Waals surface area contributed by atoms with Gasteiger partial charge in [0.25, 0.3) is 0 Å². The van der Waals surface area contributed by atoms with Gasteiger partial charge < -0.3 is 0 Å². The minimum absolute atomic E-state index is 1.30. The van der Waals surface area contributed by atoms with Gasteiger partial charge in [-0.15, -0.1) is 0 Å². The van der Waals surface area contributed by atoms with Crippen molar-refractivity contribution in [3.63, 3.8) is 0 Å². The van der Waals surface area contributed by atoms with E-state index in [0.717, 1.165) is 0 Å². The third-order valence-corrected chi connectivity index (χ3v) is 3.66. The number of nitrogens with zero attached hydrogens (tertiary/aromatic N) is 1. The maximum atomic E-state index is 2.28. The zero-order valence-corrected chi connectivity index (χ0v) is 11.3. The first-order valence-electron chi connectivity index (χ1n) is 6.05. The highest BCUT2D eigenvalue weighted by molar-refractivity contribution is 5.65. The second-order valence-electron chi connectivity index (χ2n) is 4.81. The fraction of sp³-hybridized carbons (Fsp3) is 0.312. The van der Waals surface area contributed by atoms with Crippen molar-refractivity contribution in [3.8, 4) is 11.3 Å². The van der Waals surface area contributed by atoms with Crippen molar-refractivity contribution < 1.29 is 4.57 Å². The molecular formula is C16H20N+. The summed E-state index contributed by atoms with van der Waals surface area (Å²) < 4.78 is 2.28. The highest BCUT2D eigenvalue weighted by Gasteiger charge is 2.17. The predicted octanol–water partition coefficient (Wildman–Crippen LogP) is 3.41. The molecule has 88 valence electrons. The molecule has 1 heteroatoms. The van der Waals surface area contributed by atoms with Gasteiger partial charge in [-0.1, -0.05) is 18.2 Å². The molecular weight excluding hydrogens is 206 g/mol. The lowest BCUT2D eigenvalue weighted by Crippen LogP contribution is -2.35. The topological polar surface area (TPSA) is 3.88 Å². The van der Waals surface area contributed by atoms with E-state index in [1.54, 1.807) is 0 Å². The molecule has 1 aromatic carbocycles. The van der Waals surface area contributed by atoms with Crippen LogP contribution in [0.3, 0.4) is 0 Å². The van der Waals surface area contributed by atoms with E-state index in [1.807, 2.05) is 0 Å². The van der Waals surface area contributed by atoms with Gasteiger partial charge >= 0.3 is 0 Å². The molecule has 2 rings (SSSR count). The molecule has 0 bridgehead atoms. The number of rotatable bonds is 1. The van der Waals surface area contributed by atoms with Crippen molar-refractivity contribution >= 4 is 0 Å². The Morgan fingerprint density at radius 2 is 1.35 bits per heavy atom. The third-order valence-electron chi connectivity index (χ3n) is 3.66. The molecule has 0 saturated carbocycles. The largest absolute Gasteiger partial charge is 0.213 e. The van der Waals surface area contributed by atoms with Gasteiger partial charge in [0.15, 0.2) is 5.69 Å². The van der Waals surface area contributed by atoms with Crippen molar-refractivity contribution in [2.24, 2.45) is 7.05 Å². The number of hydrogen-bond donors (Lipinski definition) is 0. The smallest absolute Gasteiger partial charge is 0.198 e. The van der Waals surface area contributed by atoms with Crippen molar-refractivity contribution in [1.29, 1.82) is 0 Å².